The molecule has 0 aliphatic carbocycles. The van der Waals surface area contributed by atoms with Gasteiger partial charge >= 0.3 is 0 Å². The van der Waals surface area contributed by atoms with Gasteiger partial charge in [0.25, 0.3) is 0 Å². The Labute approximate surface area is 117 Å². The summed E-state index contributed by atoms with van der Waals surface area (Å²) in [4.78, 5) is 4.34. The fourth-order valence-electron chi connectivity index (χ4n) is 2.51. The second-order valence-electron chi connectivity index (χ2n) is 4.92. The molecule has 5 heteroatoms. The van der Waals surface area contributed by atoms with Gasteiger partial charge in [-0.2, -0.15) is 0 Å². The molecule has 3 rings (SSSR count). The molecule has 1 atom stereocenters. The first-order valence-corrected chi connectivity index (χ1v) is 7.05. The fourth-order valence-corrected chi connectivity index (χ4v) is 2.65. The van der Waals surface area contributed by atoms with Gasteiger partial charge in [0.2, 0.25) is 0 Å². The van der Waals surface area contributed by atoms with Crippen molar-refractivity contribution in [1.29, 1.82) is 0 Å². The maximum atomic E-state index is 5.81. The standard InChI is InChI=1S/C14H17ClN2O2/c15-13-4-3-12(19-13)14-16-6-8-17(14)7-5-11-2-1-9-18-10-11/h3-4,6,8,11H,1-2,5,7,9-10H2. The molecule has 0 spiro atoms. The van der Waals surface area contributed by atoms with Gasteiger partial charge < -0.3 is 13.7 Å². The number of ether oxygens (including phenoxy) is 1. The molecular weight excluding hydrogens is 264 g/mol. The number of halogens is 1. The molecule has 1 fully saturated rings. The molecule has 4 nitrogen and oxygen atoms in total. The summed E-state index contributed by atoms with van der Waals surface area (Å²) in [7, 11) is 0. The van der Waals surface area contributed by atoms with E-state index in [0.717, 1.165) is 37.8 Å². The quantitative estimate of drug-likeness (QED) is 0.859. The average Bonchev–Trinajstić information content (AvgIpc) is 3.06. The van der Waals surface area contributed by atoms with Crippen LogP contribution in [0.25, 0.3) is 11.6 Å². The van der Waals surface area contributed by atoms with Crippen molar-refractivity contribution in [2.45, 2.75) is 25.8 Å². The maximum absolute atomic E-state index is 5.81. The average molecular weight is 281 g/mol. The van der Waals surface area contributed by atoms with Gasteiger partial charge in [0.05, 0.1) is 0 Å². The molecule has 102 valence electrons. The molecule has 1 unspecified atom stereocenters. The van der Waals surface area contributed by atoms with Crippen LogP contribution in [0.5, 0.6) is 0 Å². The molecule has 2 aromatic rings. The molecule has 0 radical (unpaired) electrons. The summed E-state index contributed by atoms with van der Waals surface area (Å²) in [6.45, 7) is 2.73. The minimum Gasteiger partial charge on any atom is -0.441 e. The molecule has 2 aromatic heterocycles. The van der Waals surface area contributed by atoms with Crippen LogP contribution in [-0.4, -0.2) is 22.8 Å². The van der Waals surface area contributed by atoms with Gasteiger partial charge in [0.15, 0.2) is 16.8 Å². The van der Waals surface area contributed by atoms with Crippen molar-refractivity contribution >= 4 is 11.6 Å². The van der Waals surface area contributed by atoms with Crippen molar-refractivity contribution in [3.05, 3.63) is 29.7 Å². The van der Waals surface area contributed by atoms with E-state index in [0.29, 0.717) is 11.1 Å². The van der Waals surface area contributed by atoms with E-state index >= 15 is 0 Å². The molecule has 0 N–H and O–H groups in total. The highest BCUT2D eigenvalue weighted by molar-refractivity contribution is 6.28. The smallest absolute Gasteiger partial charge is 0.194 e. The Morgan fingerprint density at radius 1 is 1.42 bits per heavy atom. The number of hydrogen-bond acceptors (Lipinski definition) is 3. The minimum atomic E-state index is 0.394. The lowest BCUT2D eigenvalue weighted by Gasteiger charge is -2.22. The van der Waals surface area contributed by atoms with Crippen LogP contribution in [0.15, 0.2) is 28.9 Å². The molecular formula is C14H17ClN2O2. The molecule has 0 bridgehead atoms. The van der Waals surface area contributed by atoms with Crippen molar-refractivity contribution in [2.24, 2.45) is 5.92 Å². The second-order valence-corrected chi connectivity index (χ2v) is 5.29. The van der Waals surface area contributed by atoms with Crippen LogP contribution in [-0.2, 0) is 11.3 Å². The lowest BCUT2D eigenvalue weighted by molar-refractivity contribution is 0.0501. The number of imidazole rings is 1. The summed E-state index contributed by atoms with van der Waals surface area (Å²) in [6.07, 6.45) is 7.32. The Morgan fingerprint density at radius 3 is 3.11 bits per heavy atom. The summed E-state index contributed by atoms with van der Waals surface area (Å²) in [5.41, 5.74) is 0. The molecule has 0 amide bonds. The van der Waals surface area contributed by atoms with Crippen LogP contribution >= 0.6 is 11.6 Å². The number of furan rings is 1. The first-order chi connectivity index (χ1) is 9.33. The number of rotatable bonds is 4. The van der Waals surface area contributed by atoms with E-state index in [2.05, 4.69) is 9.55 Å². The third-order valence-electron chi connectivity index (χ3n) is 3.54. The van der Waals surface area contributed by atoms with Crippen molar-refractivity contribution in [3.63, 3.8) is 0 Å². The predicted molar refractivity (Wildman–Crippen MR) is 73.1 cm³/mol. The molecule has 0 aromatic carbocycles. The molecule has 0 saturated carbocycles. The maximum Gasteiger partial charge on any atom is 0.194 e. The van der Waals surface area contributed by atoms with E-state index in [1.807, 2.05) is 12.3 Å². The van der Waals surface area contributed by atoms with Gasteiger partial charge in [-0.3, -0.25) is 0 Å². The number of nitrogens with zero attached hydrogens (tertiary/aromatic N) is 2. The van der Waals surface area contributed by atoms with E-state index in [9.17, 15) is 0 Å². The number of hydrogen-bond donors (Lipinski definition) is 0. The lowest BCUT2D eigenvalue weighted by atomic mass is 9.99. The van der Waals surface area contributed by atoms with Crippen molar-refractivity contribution in [1.82, 2.24) is 9.55 Å². The van der Waals surface area contributed by atoms with Gasteiger partial charge in [-0.15, -0.1) is 0 Å². The Kier molecular flexibility index (Phi) is 3.89. The third-order valence-corrected chi connectivity index (χ3v) is 3.75. The van der Waals surface area contributed by atoms with Gasteiger partial charge in [-0.1, -0.05) is 0 Å². The molecule has 19 heavy (non-hydrogen) atoms. The monoisotopic (exact) mass is 280 g/mol. The normalized spacial score (nSPS) is 19.7. The highest BCUT2D eigenvalue weighted by Gasteiger charge is 2.15. The predicted octanol–water partition coefficient (Wildman–Crippen LogP) is 3.61. The Morgan fingerprint density at radius 2 is 2.37 bits per heavy atom. The highest BCUT2D eigenvalue weighted by atomic mass is 35.5. The van der Waals surface area contributed by atoms with Gasteiger partial charge in [-0.05, 0) is 48.9 Å². The van der Waals surface area contributed by atoms with Crippen LogP contribution < -0.4 is 0 Å². The van der Waals surface area contributed by atoms with E-state index < -0.39 is 0 Å². The van der Waals surface area contributed by atoms with Gasteiger partial charge in [0, 0.05) is 32.2 Å². The topological polar surface area (TPSA) is 40.2 Å². The molecule has 1 saturated heterocycles. The SMILES string of the molecule is Clc1ccc(-c2nccn2CCC2CCCOC2)o1. The van der Waals surface area contributed by atoms with Gasteiger partial charge in [0.1, 0.15) is 0 Å². The van der Waals surface area contributed by atoms with Crippen LogP contribution in [0, 0.1) is 5.92 Å². The van der Waals surface area contributed by atoms with Crippen LogP contribution in [0.3, 0.4) is 0 Å². The molecule has 1 aliphatic heterocycles. The zero-order valence-electron chi connectivity index (χ0n) is 10.7. The van der Waals surface area contributed by atoms with Crippen molar-refractivity contribution in [2.75, 3.05) is 13.2 Å². The summed E-state index contributed by atoms with van der Waals surface area (Å²) >= 11 is 5.81. The Bertz CT molecular complexity index is 529. The zero-order valence-corrected chi connectivity index (χ0v) is 11.5. The first kappa shape index (κ1) is 12.8. The Balaban J connectivity index is 1.66. The number of aromatic nitrogens is 2. The third kappa shape index (κ3) is 3.01. The lowest BCUT2D eigenvalue weighted by Crippen LogP contribution is -2.18. The summed E-state index contributed by atoms with van der Waals surface area (Å²) in [6, 6.07) is 3.59. The Hall–Kier alpha value is -1.26. The van der Waals surface area contributed by atoms with Crippen LogP contribution in [0.1, 0.15) is 19.3 Å². The minimum absolute atomic E-state index is 0.394. The van der Waals surface area contributed by atoms with Crippen molar-refractivity contribution in [3.8, 4) is 11.6 Å². The fraction of sp³-hybridized carbons (Fsp3) is 0.500. The van der Waals surface area contributed by atoms with E-state index in [1.54, 1.807) is 12.3 Å². The van der Waals surface area contributed by atoms with Crippen LogP contribution in [0.2, 0.25) is 5.22 Å². The summed E-state index contributed by atoms with van der Waals surface area (Å²) in [5.74, 6) is 2.21. The largest absolute Gasteiger partial charge is 0.441 e. The zero-order chi connectivity index (χ0) is 13.1. The van der Waals surface area contributed by atoms with Crippen molar-refractivity contribution < 1.29 is 9.15 Å². The van der Waals surface area contributed by atoms with Gasteiger partial charge in [-0.25, -0.2) is 4.98 Å². The van der Waals surface area contributed by atoms with E-state index in [1.165, 1.54) is 12.8 Å². The van der Waals surface area contributed by atoms with Crippen LogP contribution in [0.4, 0.5) is 0 Å². The van der Waals surface area contributed by atoms with E-state index in [-0.39, 0.29) is 0 Å². The highest BCUT2D eigenvalue weighted by Crippen LogP contribution is 2.24. The second kappa shape index (κ2) is 5.80. The van der Waals surface area contributed by atoms with E-state index in [4.69, 9.17) is 20.8 Å². The summed E-state index contributed by atoms with van der Waals surface area (Å²) < 4.78 is 13.0. The first-order valence-electron chi connectivity index (χ1n) is 6.67. The molecule has 1 aliphatic rings. The molecule has 3 heterocycles. The number of aryl methyl sites for hydroxylation is 1. The summed E-state index contributed by atoms with van der Waals surface area (Å²) in [5, 5.41) is 0.394.